The average Bonchev–Trinajstić information content (AvgIpc) is 2.28. The average molecular weight is 228 g/mol. The highest BCUT2D eigenvalue weighted by molar-refractivity contribution is 5.81. The Labute approximate surface area is 98.1 Å². The number of ether oxygens (including phenoxy) is 1. The third kappa shape index (κ3) is 2.74. The predicted molar refractivity (Wildman–Crippen MR) is 64.3 cm³/mol. The molecule has 2 N–H and O–H groups in total. The molecule has 94 valence electrons. The highest BCUT2D eigenvalue weighted by atomic mass is 16.5. The molecule has 4 nitrogen and oxygen atoms in total. The molecule has 0 aromatic heterocycles. The lowest BCUT2D eigenvalue weighted by Crippen LogP contribution is -2.63. The predicted octanol–water partition coefficient (Wildman–Crippen LogP) is 0.917. The molecule has 1 fully saturated rings. The quantitative estimate of drug-likeness (QED) is 0.687. The van der Waals surface area contributed by atoms with Gasteiger partial charge in [0.05, 0.1) is 6.61 Å². The van der Waals surface area contributed by atoms with Crippen LogP contribution in [0.25, 0.3) is 0 Å². The van der Waals surface area contributed by atoms with Gasteiger partial charge in [0.2, 0.25) is 0 Å². The first-order chi connectivity index (χ1) is 7.67. The maximum absolute atomic E-state index is 12.1. The summed E-state index contributed by atoms with van der Waals surface area (Å²) < 4.78 is 5.22. The number of carbonyl (C=O) groups is 1. The van der Waals surface area contributed by atoms with Crippen molar-refractivity contribution in [2.75, 3.05) is 26.2 Å². The second-order valence-electron chi connectivity index (χ2n) is 4.47. The number of esters is 1. The van der Waals surface area contributed by atoms with E-state index in [9.17, 15) is 4.79 Å². The topological polar surface area (TPSA) is 50.4 Å². The first kappa shape index (κ1) is 13.5. The van der Waals surface area contributed by atoms with Crippen LogP contribution in [0.1, 0.15) is 33.6 Å². The molecule has 1 rings (SSSR count). The van der Waals surface area contributed by atoms with Crippen LogP contribution in [0.4, 0.5) is 0 Å². The lowest BCUT2D eigenvalue weighted by atomic mass is 9.79. The fraction of sp³-hybridized carbons (Fsp3) is 0.917. The van der Waals surface area contributed by atoms with Crippen molar-refractivity contribution in [2.24, 2.45) is 5.92 Å². The maximum Gasteiger partial charge on any atom is 0.326 e. The summed E-state index contributed by atoms with van der Waals surface area (Å²) in [6.07, 6.45) is 1.84. The van der Waals surface area contributed by atoms with Crippen LogP contribution in [-0.2, 0) is 9.53 Å². The molecule has 0 amide bonds. The second kappa shape index (κ2) is 6.21. The van der Waals surface area contributed by atoms with Crippen LogP contribution in [0, 0.1) is 5.92 Å². The van der Waals surface area contributed by atoms with Gasteiger partial charge in [0.1, 0.15) is 5.54 Å². The molecule has 4 heteroatoms. The molecule has 1 aliphatic heterocycles. The molecule has 0 aliphatic carbocycles. The third-order valence-electron chi connectivity index (χ3n) is 3.32. The number of nitrogens with one attached hydrogen (secondary N) is 2. The van der Waals surface area contributed by atoms with Gasteiger partial charge < -0.3 is 15.4 Å². The van der Waals surface area contributed by atoms with Crippen LogP contribution in [-0.4, -0.2) is 37.7 Å². The van der Waals surface area contributed by atoms with Gasteiger partial charge in [-0.05, 0) is 38.8 Å². The molecule has 1 aliphatic rings. The zero-order valence-corrected chi connectivity index (χ0v) is 10.6. The van der Waals surface area contributed by atoms with E-state index in [4.69, 9.17) is 4.74 Å². The summed E-state index contributed by atoms with van der Waals surface area (Å²) in [5.74, 6) is 0.185. The largest absolute Gasteiger partial charge is 0.465 e. The Bertz CT molecular complexity index is 233. The Hall–Kier alpha value is -0.610. The lowest BCUT2D eigenvalue weighted by Gasteiger charge is -2.41. The monoisotopic (exact) mass is 228 g/mol. The van der Waals surface area contributed by atoms with Gasteiger partial charge in [-0.3, -0.25) is 4.79 Å². The van der Waals surface area contributed by atoms with E-state index in [-0.39, 0.29) is 11.9 Å². The maximum atomic E-state index is 12.1. The van der Waals surface area contributed by atoms with Gasteiger partial charge in [-0.25, -0.2) is 0 Å². The van der Waals surface area contributed by atoms with Crippen LogP contribution in [0.3, 0.4) is 0 Å². The van der Waals surface area contributed by atoms with Gasteiger partial charge >= 0.3 is 5.97 Å². The Kier molecular flexibility index (Phi) is 5.22. The number of rotatable bonds is 5. The summed E-state index contributed by atoms with van der Waals surface area (Å²) >= 11 is 0. The van der Waals surface area contributed by atoms with Crippen molar-refractivity contribution in [3.05, 3.63) is 0 Å². The minimum absolute atomic E-state index is 0.0857. The second-order valence-corrected chi connectivity index (χ2v) is 4.47. The van der Waals surface area contributed by atoms with Crippen molar-refractivity contribution in [1.82, 2.24) is 10.6 Å². The molecule has 2 atom stereocenters. The van der Waals surface area contributed by atoms with Gasteiger partial charge in [0, 0.05) is 6.54 Å². The fourth-order valence-corrected chi connectivity index (χ4v) is 2.27. The molecular formula is C12H24N2O2. The molecule has 0 saturated carbocycles. The Morgan fingerprint density at radius 2 is 2.31 bits per heavy atom. The Morgan fingerprint density at radius 1 is 1.56 bits per heavy atom. The highest BCUT2D eigenvalue weighted by Crippen LogP contribution is 2.26. The van der Waals surface area contributed by atoms with Crippen LogP contribution < -0.4 is 10.6 Å². The summed E-state index contributed by atoms with van der Waals surface area (Å²) in [6, 6.07) is 0. The van der Waals surface area contributed by atoms with E-state index in [0.29, 0.717) is 6.61 Å². The number of hydrogen-bond acceptors (Lipinski definition) is 4. The van der Waals surface area contributed by atoms with Crippen molar-refractivity contribution in [3.63, 3.8) is 0 Å². The summed E-state index contributed by atoms with van der Waals surface area (Å²) in [5.41, 5.74) is -0.475. The van der Waals surface area contributed by atoms with E-state index in [0.717, 1.165) is 32.5 Å². The number of piperidine rings is 1. The van der Waals surface area contributed by atoms with E-state index in [1.165, 1.54) is 0 Å². The fourth-order valence-electron chi connectivity index (χ4n) is 2.27. The lowest BCUT2D eigenvalue weighted by molar-refractivity contribution is -0.155. The van der Waals surface area contributed by atoms with Crippen LogP contribution in [0.15, 0.2) is 0 Å². The number of hydrogen-bond donors (Lipinski definition) is 2. The Balaban J connectivity index is 2.76. The SMILES string of the molecule is CCCNC1(C(=O)OCC)CCNCC1C. The summed E-state index contributed by atoms with van der Waals surface area (Å²) in [6.45, 7) is 9.13. The molecule has 0 radical (unpaired) electrons. The molecular weight excluding hydrogens is 204 g/mol. The zero-order chi connectivity index (χ0) is 12.0. The summed E-state index contributed by atoms with van der Waals surface area (Å²) in [7, 11) is 0. The molecule has 1 heterocycles. The van der Waals surface area contributed by atoms with Crippen molar-refractivity contribution in [1.29, 1.82) is 0 Å². The standard InChI is InChI=1S/C12H24N2O2/c1-4-7-14-12(11(15)16-5-2)6-8-13-9-10(12)3/h10,13-14H,4-9H2,1-3H3. The van der Waals surface area contributed by atoms with Crippen LogP contribution in [0.2, 0.25) is 0 Å². The van der Waals surface area contributed by atoms with Crippen LogP contribution >= 0.6 is 0 Å². The molecule has 0 aromatic rings. The smallest absolute Gasteiger partial charge is 0.326 e. The minimum atomic E-state index is -0.475. The van der Waals surface area contributed by atoms with Gasteiger partial charge in [-0.1, -0.05) is 13.8 Å². The molecule has 1 saturated heterocycles. The zero-order valence-electron chi connectivity index (χ0n) is 10.6. The van der Waals surface area contributed by atoms with Gasteiger partial charge in [-0.2, -0.15) is 0 Å². The van der Waals surface area contributed by atoms with E-state index in [2.05, 4.69) is 24.5 Å². The van der Waals surface area contributed by atoms with E-state index < -0.39 is 5.54 Å². The molecule has 0 spiro atoms. The van der Waals surface area contributed by atoms with Crippen molar-refractivity contribution < 1.29 is 9.53 Å². The van der Waals surface area contributed by atoms with Crippen LogP contribution in [0.5, 0.6) is 0 Å². The first-order valence-electron chi connectivity index (χ1n) is 6.30. The van der Waals surface area contributed by atoms with E-state index in [1.807, 2.05) is 6.92 Å². The van der Waals surface area contributed by atoms with Gasteiger partial charge in [-0.15, -0.1) is 0 Å². The first-order valence-corrected chi connectivity index (χ1v) is 6.30. The van der Waals surface area contributed by atoms with E-state index in [1.54, 1.807) is 0 Å². The van der Waals surface area contributed by atoms with Crippen molar-refractivity contribution in [3.8, 4) is 0 Å². The molecule has 0 bridgehead atoms. The highest BCUT2D eigenvalue weighted by Gasteiger charge is 2.45. The van der Waals surface area contributed by atoms with E-state index >= 15 is 0 Å². The Morgan fingerprint density at radius 3 is 2.88 bits per heavy atom. The molecule has 2 unspecified atom stereocenters. The molecule has 16 heavy (non-hydrogen) atoms. The minimum Gasteiger partial charge on any atom is -0.465 e. The van der Waals surface area contributed by atoms with Crippen molar-refractivity contribution >= 4 is 5.97 Å². The summed E-state index contributed by atoms with van der Waals surface area (Å²) in [4.78, 5) is 12.1. The number of carbonyl (C=O) groups excluding carboxylic acids is 1. The van der Waals surface area contributed by atoms with Gasteiger partial charge in [0.15, 0.2) is 0 Å². The van der Waals surface area contributed by atoms with Crippen molar-refractivity contribution in [2.45, 2.75) is 39.2 Å². The third-order valence-corrected chi connectivity index (χ3v) is 3.32. The normalized spacial score (nSPS) is 30.1. The molecule has 0 aromatic carbocycles. The van der Waals surface area contributed by atoms with Gasteiger partial charge in [0.25, 0.3) is 0 Å². The summed E-state index contributed by atoms with van der Waals surface area (Å²) in [5, 5.41) is 6.72.